The summed E-state index contributed by atoms with van der Waals surface area (Å²) in [5.74, 6) is 0.808. The van der Waals surface area contributed by atoms with Gasteiger partial charge in [-0.3, -0.25) is 4.79 Å². The van der Waals surface area contributed by atoms with Gasteiger partial charge < -0.3 is 19.3 Å². The Morgan fingerprint density at radius 3 is 2.52 bits per heavy atom. The van der Waals surface area contributed by atoms with Crippen LogP contribution in [0.25, 0.3) is 0 Å². The maximum Gasteiger partial charge on any atom is 0.276 e. The number of ether oxygens (including phenoxy) is 2. The van der Waals surface area contributed by atoms with Gasteiger partial charge in [-0.15, -0.1) is 5.10 Å². The van der Waals surface area contributed by atoms with Crippen molar-refractivity contribution in [3.8, 4) is 5.75 Å². The van der Waals surface area contributed by atoms with Crippen LogP contribution >= 0.6 is 0 Å². The van der Waals surface area contributed by atoms with Crippen LogP contribution in [0.4, 0.5) is 0 Å². The number of carbonyl (C=O) groups excluding carboxylic acids is 1. The molecule has 3 aliphatic heterocycles. The monoisotopic (exact) mass is 425 g/mol. The summed E-state index contributed by atoms with van der Waals surface area (Å²) in [6.45, 7) is 4.91. The van der Waals surface area contributed by atoms with Gasteiger partial charge in [0.2, 0.25) is 0 Å². The zero-order chi connectivity index (χ0) is 21.2. The van der Waals surface area contributed by atoms with E-state index in [0.717, 1.165) is 42.9 Å². The number of rotatable bonds is 4. The zero-order valence-corrected chi connectivity index (χ0v) is 18.2. The third-order valence-electron chi connectivity index (χ3n) is 6.95. The topological polar surface area (TPSA) is 72.7 Å². The molecule has 2 saturated heterocycles. The third-order valence-corrected chi connectivity index (χ3v) is 6.95. The summed E-state index contributed by atoms with van der Waals surface area (Å²) in [5.41, 5.74) is 2.30. The molecule has 1 aromatic carbocycles. The van der Waals surface area contributed by atoms with Crippen LogP contribution in [0.1, 0.15) is 60.0 Å². The third kappa shape index (κ3) is 4.19. The Labute approximate surface area is 183 Å². The van der Waals surface area contributed by atoms with E-state index in [0.29, 0.717) is 24.9 Å². The number of hydrogen-bond donors (Lipinski definition) is 0. The lowest BCUT2D eigenvalue weighted by molar-refractivity contribution is -0.00207. The van der Waals surface area contributed by atoms with E-state index >= 15 is 0 Å². The van der Waals surface area contributed by atoms with Crippen molar-refractivity contribution in [2.75, 3.05) is 33.3 Å². The molecule has 8 nitrogen and oxygen atoms in total. The second kappa shape index (κ2) is 8.96. The van der Waals surface area contributed by atoms with E-state index in [1.807, 2.05) is 33.8 Å². The number of methoxy groups -OCH3 is 1. The Balaban J connectivity index is 1.21. The Morgan fingerprint density at radius 2 is 1.81 bits per heavy atom. The van der Waals surface area contributed by atoms with Crippen LogP contribution in [0.3, 0.4) is 0 Å². The number of fused-ring (bicyclic) bond motifs is 1. The van der Waals surface area contributed by atoms with Gasteiger partial charge in [0.15, 0.2) is 5.69 Å². The van der Waals surface area contributed by atoms with Gasteiger partial charge in [-0.25, -0.2) is 4.68 Å². The number of hydrogen-bond acceptors (Lipinski definition) is 6. The number of benzene rings is 1. The molecule has 3 aliphatic rings. The van der Waals surface area contributed by atoms with E-state index < -0.39 is 0 Å². The van der Waals surface area contributed by atoms with Crippen LogP contribution in [0.15, 0.2) is 24.3 Å². The summed E-state index contributed by atoms with van der Waals surface area (Å²) < 4.78 is 13.1. The predicted molar refractivity (Wildman–Crippen MR) is 115 cm³/mol. The fourth-order valence-electron chi connectivity index (χ4n) is 5.07. The lowest BCUT2D eigenvalue weighted by atomic mass is 9.99. The summed E-state index contributed by atoms with van der Waals surface area (Å²) in [6, 6.07) is 8.48. The predicted octanol–water partition coefficient (Wildman–Crippen LogP) is 2.65. The molecule has 0 bridgehead atoms. The first-order valence-electron chi connectivity index (χ1n) is 11.4. The second-order valence-corrected chi connectivity index (χ2v) is 8.76. The van der Waals surface area contributed by atoms with E-state index in [4.69, 9.17) is 9.47 Å². The average molecular weight is 426 g/mol. The van der Waals surface area contributed by atoms with Gasteiger partial charge in [0.1, 0.15) is 11.9 Å². The van der Waals surface area contributed by atoms with E-state index in [-0.39, 0.29) is 12.0 Å². The van der Waals surface area contributed by atoms with Crippen LogP contribution in [-0.2, 0) is 17.9 Å². The fraction of sp³-hybridized carbons (Fsp3) is 0.609. The van der Waals surface area contributed by atoms with Gasteiger partial charge in [-0.05, 0) is 56.5 Å². The molecule has 0 N–H and O–H groups in total. The van der Waals surface area contributed by atoms with Gasteiger partial charge in [0.05, 0.1) is 26.0 Å². The molecule has 0 radical (unpaired) electrons. The first-order chi connectivity index (χ1) is 15.2. The molecule has 0 aliphatic carbocycles. The van der Waals surface area contributed by atoms with Crippen molar-refractivity contribution in [3.63, 3.8) is 0 Å². The van der Waals surface area contributed by atoms with Crippen LogP contribution < -0.4 is 4.74 Å². The quantitative estimate of drug-likeness (QED) is 0.750. The lowest BCUT2D eigenvalue weighted by Crippen LogP contribution is -2.48. The largest absolute Gasteiger partial charge is 0.497 e. The molecule has 0 saturated carbocycles. The van der Waals surface area contributed by atoms with Crippen LogP contribution in [0.5, 0.6) is 5.75 Å². The number of aromatic nitrogens is 3. The van der Waals surface area contributed by atoms with Crippen LogP contribution in [0, 0.1) is 0 Å². The number of carbonyl (C=O) groups is 1. The fourth-order valence-corrected chi connectivity index (χ4v) is 5.07. The molecule has 1 amide bonds. The van der Waals surface area contributed by atoms with Gasteiger partial charge in [-0.1, -0.05) is 23.8 Å². The molecule has 2 fully saturated rings. The van der Waals surface area contributed by atoms with Crippen molar-refractivity contribution in [2.45, 2.75) is 57.4 Å². The molecule has 166 valence electrons. The molecule has 1 unspecified atom stereocenters. The van der Waals surface area contributed by atoms with Crippen LogP contribution in [-0.4, -0.2) is 70.0 Å². The molecule has 2 aromatic rings. The first kappa shape index (κ1) is 20.5. The van der Waals surface area contributed by atoms with Crippen LogP contribution in [0.2, 0.25) is 0 Å². The molecule has 8 heteroatoms. The Morgan fingerprint density at radius 1 is 1.06 bits per heavy atom. The molecule has 0 spiro atoms. The SMILES string of the molecule is COc1ccc(C2Cn3nnc(C(=O)N4CCC(N5CCCCC5)CC4)c3CO2)cc1. The van der Waals surface area contributed by atoms with Crippen molar-refractivity contribution in [1.82, 2.24) is 24.8 Å². The van der Waals surface area contributed by atoms with Crippen molar-refractivity contribution in [2.24, 2.45) is 0 Å². The Kier molecular flexibility index (Phi) is 5.91. The summed E-state index contributed by atoms with van der Waals surface area (Å²) >= 11 is 0. The highest BCUT2D eigenvalue weighted by Crippen LogP contribution is 2.29. The molecule has 5 rings (SSSR count). The molecule has 31 heavy (non-hydrogen) atoms. The van der Waals surface area contributed by atoms with E-state index in [2.05, 4.69) is 15.2 Å². The highest BCUT2D eigenvalue weighted by atomic mass is 16.5. The molecular weight excluding hydrogens is 394 g/mol. The van der Waals surface area contributed by atoms with Crippen molar-refractivity contribution in [3.05, 3.63) is 41.2 Å². The standard InChI is InChI=1S/C23H31N5O3/c1-30-19-7-5-17(6-8-19)21-15-28-20(16-31-21)22(24-25-28)23(29)27-13-9-18(10-14-27)26-11-3-2-4-12-26/h5-8,18,21H,2-4,9-16H2,1H3. The smallest absolute Gasteiger partial charge is 0.276 e. The highest BCUT2D eigenvalue weighted by molar-refractivity contribution is 5.93. The molecular formula is C23H31N5O3. The van der Waals surface area contributed by atoms with Gasteiger partial charge in [0.25, 0.3) is 5.91 Å². The summed E-state index contributed by atoms with van der Waals surface area (Å²) in [5, 5.41) is 8.53. The van der Waals surface area contributed by atoms with E-state index in [1.165, 1.54) is 32.4 Å². The molecule has 1 atom stereocenters. The van der Waals surface area contributed by atoms with Crippen molar-refractivity contribution < 1.29 is 14.3 Å². The maximum atomic E-state index is 13.2. The number of amides is 1. The first-order valence-corrected chi connectivity index (χ1v) is 11.4. The minimum Gasteiger partial charge on any atom is -0.497 e. The van der Waals surface area contributed by atoms with Gasteiger partial charge >= 0.3 is 0 Å². The molecule has 1 aromatic heterocycles. The zero-order valence-electron chi connectivity index (χ0n) is 18.2. The van der Waals surface area contributed by atoms with Gasteiger partial charge in [0, 0.05) is 19.1 Å². The average Bonchev–Trinajstić information content (AvgIpc) is 3.27. The maximum absolute atomic E-state index is 13.2. The minimum atomic E-state index is -0.108. The number of likely N-dealkylation sites (tertiary alicyclic amines) is 2. The van der Waals surface area contributed by atoms with E-state index in [9.17, 15) is 4.79 Å². The Hall–Kier alpha value is -2.45. The van der Waals surface area contributed by atoms with Crippen molar-refractivity contribution >= 4 is 5.91 Å². The molecule has 4 heterocycles. The van der Waals surface area contributed by atoms with Crippen molar-refractivity contribution in [1.29, 1.82) is 0 Å². The summed E-state index contributed by atoms with van der Waals surface area (Å²) in [7, 11) is 1.66. The number of nitrogens with zero attached hydrogens (tertiary/aromatic N) is 5. The summed E-state index contributed by atoms with van der Waals surface area (Å²) in [4.78, 5) is 17.7. The minimum absolute atomic E-state index is 0.00941. The van der Waals surface area contributed by atoms with E-state index in [1.54, 1.807) is 7.11 Å². The summed E-state index contributed by atoms with van der Waals surface area (Å²) in [6.07, 6.45) is 5.96. The Bertz CT molecular complexity index is 898. The normalized spacial score (nSPS) is 22.9. The lowest BCUT2D eigenvalue weighted by Gasteiger charge is -2.40. The number of piperidine rings is 2. The highest BCUT2D eigenvalue weighted by Gasteiger charge is 2.33. The second-order valence-electron chi connectivity index (χ2n) is 8.76. The van der Waals surface area contributed by atoms with Gasteiger partial charge in [-0.2, -0.15) is 0 Å².